The van der Waals surface area contributed by atoms with Gasteiger partial charge in [0.25, 0.3) is 0 Å². The van der Waals surface area contributed by atoms with E-state index < -0.39 is 0 Å². The molecule has 1 aromatic heterocycles. The Bertz CT molecular complexity index is 620. The number of carbonyl (C=O) groups is 1. The Labute approximate surface area is 122 Å². The second kappa shape index (κ2) is 6.98. The van der Waals surface area contributed by atoms with E-state index in [-0.39, 0.29) is 5.91 Å². The minimum Gasteiger partial charge on any atom is -0.380 e. The molecule has 0 aliphatic rings. The zero-order chi connectivity index (χ0) is 14.4. The fourth-order valence-corrected chi connectivity index (χ4v) is 2.29. The summed E-state index contributed by atoms with van der Waals surface area (Å²) in [6.45, 7) is 2.46. The Kier molecular flexibility index (Phi) is 5.03. The van der Waals surface area contributed by atoms with Crippen LogP contribution in [-0.4, -0.2) is 18.0 Å². The van der Waals surface area contributed by atoms with Gasteiger partial charge in [0, 0.05) is 24.3 Å². The number of thiazole rings is 1. The second-order valence-electron chi connectivity index (χ2n) is 4.25. The van der Waals surface area contributed by atoms with Gasteiger partial charge in [0.15, 0.2) is 0 Å². The van der Waals surface area contributed by atoms with Crippen molar-refractivity contribution in [3.8, 4) is 0 Å². The smallest absolute Gasteiger partial charge is 0.248 e. The highest BCUT2D eigenvalue weighted by atomic mass is 32.1. The summed E-state index contributed by atoms with van der Waals surface area (Å²) >= 11 is 1.56. The third kappa shape index (κ3) is 4.29. The van der Waals surface area contributed by atoms with Crippen molar-refractivity contribution in [1.82, 2.24) is 4.98 Å². The van der Waals surface area contributed by atoms with Gasteiger partial charge in [0.05, 0.1) is 17.3 Å². The van der Waals surface area contributed by atoms with Gasteiger partial charge in [-0.3, -0.25) is 4.79 Å². The van der Waals surface area contributed by atoms with Gasteiger partial charge in [0.2, 0.25) is 5.91 Å². The van der Waals surface area contributed by atoms with E-state index in [1.165, 1.54) is 6.08 Å². The molecular weight excluding hydrogens is 272 g/mol. The van der Waals surface area contributed by atoms with Crippen LogP contribution in [0.1, 0.15) is 16.3 Å². The molecule has 1 amide bonds. The molecule has 0 aliphatic carbocycles. The molecule has 1 heterocycles. The molecule has 0 aliphatic heterocycles. The van der Waals surface area contributed by atoms with E-state index in [9.17, 15) is 4.79 Å². The van der Waals surface area contributed by atoms with E-state index in [4.69, 9.17) is 4.74 Å². The quantitative estimate of drug-likeness (QED) is 0.859. The third-order valence-corrected chi connectivity index (χ3v) is 3.34. The molecular formula is C15H16N2O2S. The number of amides is 1. The van der Waals surface area contributed by atoms with Crippen molar-refractivity contribution < 1.29 is 9.53 Å². The summed E-state index contributed by atoms with van der Waals surface area (Å²) in [6.07, 6.45) is 3.19. The van der Waals surface area contributed by atoms with Crippen LogP contribution in [0.15, 0.2) is 35.7 Å². The number of carbonyl (C=O) groups excluding carboxylic acids is 1. The van der Waals surface area contributed by atoms with Crippen LogP contribution >= 0.6 is 11.3 Å². The molecule has 0 fully saturated rings. The molecule has 2 rings (SSSR count). The van der Waals surface area contributed by atoms with E-state index in [1.54, 1.807) is 24.5 Å². The number of aromatic nitrogens is 1. The van der Waals surface area contributed by atoms with Crippen LogP contribution in [0, 0.1) is 6.92 Å². The molecule has 0 spiro atoms. The number of methoxy groups -OCH3 is 1. The first-order valence-electron chi connectivity index (χ1n) is 6.16. The van der Waals surface area contributed by atoms with Gasteiger partial charge in [-0.05, 0) is 30.7 Å². The first kappa shape index (κ1) is 14.4. The summed E-state index contributed by atoms with van der Waals surface area (Å²) in [4.78, 5) is 16.1. The largest absolute Gasteiger partial charge is 0.380 e. The topological polar surface area (TPSA) is 51.2 Å². The van der Waals surface area contributed by atoms with Gasteiger partial charge in [-0.15, -0.1) is 11.3 Å². The molecule has 0 radical (unpaired) electrons. The zero-order valence-corrected chi connectivity index (χ0v) is 12.2. The zero-order valence-electron chi connectivity index (χ0n) is 11.4. The molecule has 0 atom stereocenters. The lowest BCUT2D eigenvalue weighted by molar-refractivity contribution is -0.111. The molecule has 4 nitrogen and oxygen atoms in total. The average Bonchev–Trinajstić information content (AvgIpc) is 2.83. The Morgan fingerprint density at radius 1 is 1.50 bits per heavy atom. The molecule has 0 bridgehead atoms. The second-order valence-corrected chi connectivity index (χ2v) is 5.31. The normalized spacial score (nSPS) is 10.9. The molecule has 0 saturated heterocycles. The Morgan fingerprint density at radius 2 is 2.35 bits per heavy atom. The first-order valence-corrected chi connectivity index (χ1v) is 7.04. The van der Waals surface area contributed by atoms with E-state index in [0.29, 0.717) is 6.61 Å². The summed E-state index contributed by atoms with van der Waals surface area (Å²) in [6, 6.07) is 7.57. The lowest BCUT2D eigenvalue weighted by Crippen LogP contribution is -2.08. The van der Waals surface area contributed by atoms with Crippen molar-refractivity contribution in [3.63, 3.8) is 0 Å². The predicted molar refractivity (Wildman–Crippen MR) is 81.7 cm³/mol. The third-order valence-electron chi connectivity index (χ3n) is 2.55. The minimum atomic E-state index is -0.176. The summed E-state index contributed by atoms with van der Waals surface area (Å²) < 4.78 is 5.06. The van der Waals surface area contributed by atoms with E-state index in [0.717, 1.165) is 22.0 Å². The van der Waals surface area contributed by atoms with Crippen LogP contribution in [0.25, 0.3) is 6.08 Å². The molecule has 20 heavy (non-hydrogen) atoms. The van der Waals surface area contributed by atoms with Gasteiger partial charge in [-0.1, -0.05) is 12.1 Å². The first-order chi connectivity index (χ1) is 9.67. The van der Waals surface area contributed by atoms with E-state index in [1.807, 2.05) is 36.6 Å². The SMILES string of the molecule is COCc1cccc(NC(=O)/C=C/c2csc(C)n2)c1. The molecule has 0 saturated carbocycles. The number of rotatable bonds is 5. The molecule has 2 aromatic rings. The average molecular weight is 288 g/mol. The maximum atomic E-state index is 11.8. The molecule has 1 N–H and O–H groups in total. The van der Waals surface area contributed by atoms with Crippen molar-refractivity contribution in [2.24, 2.45) is 0 Å². The Balaban J connectivity index is 1.97. The number of anilines is 1. The number of aryl methyl sites for hydroxylation is 1. The maximum Gasteiger partial charge on any atom is 0.248 e. The van der Waals surface area contributed by atoms with Gasteiger partial charge in [-0.2, -0.15) is 0 Å². The van der Waals surface area contributed by atoms with Crippen LogP contribution in [0.3, 0.4) is 0 Å². The molecule has 104 valence electrons. The number of hydrogen-bond donors (Lipinski definition) is 1. The van der Waals surface area contributed by atoms with Crippen molar-refractivity contribution in [2.45, 2.75) is 13.5 Å². The highest BCUT2D eigenvalue weighted by Gasteiger charge is 2.00. The number of ether oxygens (including phenoxy) is 1. The summed E-state index contributed by atoms with van der Waals surface area (Å²) in [5.41, 5.74) is 2.57. The lowest BCUT2D eigenvalue weighted by Gasteiger charge is -2.04. The number of nitrogens with one attached hydrogen (secondary N) is 1. The highest BCUT2D eigenvalue weighted by Crippen LogP contribution is 2.12. The molecule has 0 unspecified atom stereocenters. The van der Waals surface area contributed by atoms with E-state index >= 15 is 0 Å². The van der Waals surface area contributed by atoms with Gasteiger partial charge in [-0.25, -0.2) is 4.98 Å². The van der Waals surface area contributed by atoms with Crippen LogP contribution in [0.2, 0.25) is 0 Å². The van der Waals surface area contributed by atoms with Gasteiger partial charge in [0.1, 0.15) is 0 Å². The number of nitrogens with zero attached hydrogens (tertiary/aromatic N) is 1. The van der Waals surface area contributed by atoms with Gasteiger partial charge < -0.3 is 10.1 Å². The van der Waals surface area contributed by atoms with Crippen molar-refractivity contribution in [3.05, 3.63) is 52.0 Å². The van der Waals surface area contributed by atoms with Crippen LogP contribution in [-0.2, 0) is 16.1 Å². The minimum absolute atomic E-state index is 0.176. The van der Waals surface area contributed by atoms with Gasteiger partial charge >= 0.3 is 0 Å². The summed E-state index contributed by atoms with van der Waals surface area (Å²) in [5.74, 6) is -0.176. The number of hydrogen-bond acceptors (Lipinski definition) is 4. The predicted octanol–water partition coefficient (Wildman–Crippen LogP) is 3.25. The van der Waals surface area contributed by atoms with E-state index in [2.05, 4.69) is 10.3 Å². The van der Waals surface area contributed by atoms with Crippen LogP contribution in [0.4, 0.5) is 5.69 Å². The fraction of sp³-hybridized carbons (Fsp3) is 0.200. The maximum absolute atomic E-state index is 11.8. The fourth-order valence-electron chi connectivity index (χ4n) is 1.71. The lowest BCUT2D eigenvalue weighted by atomic mass is 10.2. The highest BCUT2D eigenvalue weighted by molar-refractivity contribution is 7.09. The Hall–Kier alpha value is -1.98. The Morgan fingerprint density at radius 3 is 3.05 bits per heavy atom. The van der Waals surface area contributed by atoms with Crippen LogP contribution < -0.4 is 5.32 Å². The molecule has 1 aromatic carbocycles. The summed E-state index contributed by atoms with van der Waals surface area (Å²) in [7, 11) is 1.64. The number of benzene rings is 1. The summed E-state index contributed by atoms with van der Waals surface area (Å²) in [5, 5.41) is 5.71. The van der Waals surface area contributed by atoms with Crippen molar-refractivity contribution in [1.29, 1.82) is 0 Å². The van der Waals surface area contributed by atoms with Crippen molar-refractivity contribution >= 4 is 29.0 Å². The monoisotopic (exact) mass is 288 g/mol. The standard InChI is InChI=1S/C15H16N2O2S/c1-11-16-14(10-20-11)6-7-15(18)17-13-5-3-4-12(8-13)9-19-2/h3-8,10H,9H2,1-2H3,(H,17,18)/b7-6+. The van der Waals surface area contributed by atoms with Crippen molar-refractivity contribution in [2.75, 3.05) is 12.4 Å². The molecule has 5 heteroatoms. The van der Waals surface area contributed by atoms with Crippen LogP contribution in [0.5, 0.6) is 0 Å².